The summed E-state index contributed by atoms with van der Waals surface area (Å²) in [5.41, 5.74) is 9.97. The molecule has 0 spiro atoms. The zero-order chi connectivity index (χ0) is 15.4. The lowest BCUT2D eigenvalue weighted by Crippen LogP contribution is -2.52. The summed E-state index contributed by atoms with van der Waals surface area (Å²) in [4.78, 5) is 37.5. The van der Waals surface area contributed by atoms with Crippen molar-refractivity contribution in [3.05, 3.63) is 34.4 Å². The smallest absolute Gasteiger partial charge is 0.255 e. The molecule has 3 aliphatic rings. The highest BCUT2D eigenvalue weighted by molar-refractivity contribution is 6.05. The molecule has 0 bridgehead atoms. The van der Waals surface area contributed by atoms with Gasteiger partial charge in [0.2, 0.25) is 11.8 Å². The van der Waals surface area contributed by atoms with Crippen LogP contribution in [-0.2, 0) is 29.0 Å². The summed E-state index contributed by atoms with van der Waals surface area (Å²) >= 11 is 0. The fourth-order valence-corrected chi connectivity index (χ4v) is 3.73. The van der Waals surface area contributed by atoms with Crippen LogP contribution in [0.3, 0.4) is 0 Å². The van der Waals surface area contributed by atoms with Crippen LogP contribution in [0.5, 0.6) is 0 Å². The van der Waals surface area contributed by atoms with Crippen LogP contribution in [0, 0.1) is 0 Å². The molecule has 3 N–H and O–H groups in total. The second kappa shape index (κ2) is 4.64. The topological polar surface area (TPSA) is 92.5 Å². The van der Waals surface area contributed by atoms with Crippen molar-refractivity contribution < 1.29 is 14.4 Å². The van der Waals surface area contributed by atoms with Crippen molar-refractivity contribution in [3.8, 4) is 0 Å². The Morgan fingerprint density at radius 3 is 2.55 bits per heavy atom. The summed E-state index contributed by atoms with van der Waals surface area (Å²) in [6.45, 7) is 0.433. The number of nitrogens with one attached hydrogen (secondary N) is 1. The maximum absolute atomic E-state index is 12.6. The number of nitrogens with zero attached hydrogens (tertiary/aromatic N) is 1. The van der Waals surface area contributed by atoms with Gasteiger partial charge in [-0.2, -0.15) is 0 Å². The van der Waals surface area contributed by atoms with Gasteiger partial charge in [0, 0.05) is 24.6 Å². The molecule has 0 saturated carbocycles. The first-order valence-corrected chi connectivity index (χ1v) is 7.58. The molecule has 4 rings (SSSR count). The molecule has 1 unspecified atom stereocenters. The molecule has 1 aromatic rings. The first kappa shape index (κ1) is 13.5. The first-order valence-electron chi connectivity index (χ1n) is 7.58. The van der Waals surface area contributed by atoms with Gasteiger partial charge in [-0.3, -0.25) is 19.7 Å². The Hall–Kier alpha value is -2.21. The van der Waals surface area contributed by atoms with Crippen LogP contribution in [0.4, 0.5) is 0 Å². The predicted octanol–water partition coefficient (Wildman–Crippen LogP) is -0.127. The van der Waals surface area contributed by atoms with E-state index in [1.807, 2.05) is 6.07 Å². The summed E-state index contributed by atoms with van der Waals surface area (Å²) in [6, 6.07) is 3.58. The Labute approximate surface area is 127 Å². The SMILES string of the molecule is NC1Cc2cc3c(cc2C1)C(=O)N([C@H]1CCC(=O)NC1=O)C3. The van der Waals surface area contributed by atoms with Gasteiger partial charge in [0.1, 0.15) is 6.04 Å². The van der Waals surface area contributed by atoms with Crippen LogP contribution in [-0.4, -0.2) is 34.7 Å². The number of imide groups is 1. The zero-order valence-corrected chi connectivity index (χ0v) is 12.1. The Morgan fingerprint density at radius 2 is 1.82 bits per heavy atom. The summed E-state index contributed by atoms with van der Waals surface area (Å²) < 4.78 is 0. The van der Waals surface area contributed by atoms with E-state index in [-0.39, 0.29) is 30.2 Å². The minimum absolute atomic E-state index is 0.118. The van der Waals surface area contributed by atoms with Crippen molar-refractivity contribution in [1.82, 2.24) is 10.2 Å². The largest absolute Gasteiger partial charge is 0.327 e. The lowest BCUT2D eigenvalue weighted by atomic mass is 10.0. The van der Waals surface area contributed by atoms with Crippen LogP contribution < -0.4 is 11.1 Å². The van der Waals surface area contributed by atoms with E-state index in [1.54, 1.807) is 4.90 Å². The Bertz CT molecular complexity index is 713. The average Bonchev–Trinajstić information content (AvgIpc) is 2.96. The average molecular weight is 299 g/mol. The molecule has 1 aliphatic carbocycles. The predicted molar refractivity (Wildman–Crippen MR) is 77.9 cm³/mol. The molecule has 1 aromatic carbocycles. The molecule has 0 aromatic heterocycles. The number of piperidine rings is 1. The summed E-state index contributed by atoms with van der Waals surface area (Å²) in [5.74, 6) is -0.752. The van der Waals surface area contributed by atoms with Crippen molar-refractivity contribution in [1.29, 1.82) is 0 Å². The van der Waals surface area contributed by atoms with Gasteiger partial charge in [-0.1, -0.05) is 6.07 Å². The highest BCUT2D eigenvalue weighted by Crippen LogP contribution is 2.32. The number of fused-ring (bicyclic) bond motifs is 2. The molecule has 1 saturated heterocycles. The molecule has 0 radical (unpaired) electrons. The van der Waals surface area contributed by atoms with Gasteiger partial charge in [0.05, 0.1) is 0 Å². The van der Waals surface area contributed by atoms with E-state index in [9.17, 15) is 14.4 Å². The molecule has 3 amide bonds. The molecule has 6 nitrogen and oxygen atoms in total. The van der Waals surface area contributed by atoms with E-state index in [0.29, 0.717) is 18.5 Å². The summed E-state index contributed by atoms with van der Waals surface area (Å²) in [6.07, 6.45) is 2.32. The van der Waals surface area contributed by atoms with Gasteiger partial charge in [0.15, 0.2) is 0 Å². The van der Waals surface area contributed by atoms with Crippen molar-refractivity contribution in [2.75, 3.05) is 0 Å². The second-order valence-corrected chi connectivity index (χ2v) is 6.35. The van der Waals surface area contributed by atoms with Gasteiger partial charge in [0.25, 0.3) is 5.91 Å². The molecule has 2 aliphatic heterocycles. The van der Waals surface area contributed by atoms with E-state index in [4.69, 9.17) is 5.73 Å². The molecule has 22 heavy (non-hydrogen) atoms. The monoisotopic (exact) mass is 299 g/mol. The third-order valence-electron chi connectivity index (χ3n) is 4.81. The van der Waals surface area contributed by atoms with Gasteiger partial charge < -0.3 is 10.6 Å². The van der Waals surface area contributed by atoms with E-state index in [0.717, 1.165) is 24.0 Å². The van der Waals surface area contributed by atoms with E-state index in [2.05, 4.69) is 11.4 Å². The fraction of sp³-hybridized carbons (Fsp3) is 0.438. The van der Waals surface area contributed by atoms with Crippen LogP contribution in [0.1, 0.15) is 39.9 Å². The van der Waals surface area contributed by atoms with Crippen molar-refractivity contribution in [2.24, 2.45) is 5.73 Å². The lowest BCUT2D eigenvalue weighted by molar-refractivity contribution is -0.136. The number of rotatable bonds is 1. The van der Waals surface area contributed by atoms with E-state index >= 15 is 0 Å². The molecule has 1 fully saturated rings. The van der Waals surface area contributed by atoms with Gasteiger partial charge in [-0.05, 0) is 42.0 Å². The molecule has 2 atom stereocenters. The summed E-state index contributed by atoms with van der Waals surface area (Å²) in [7, 11) is 0. The molecule has 114 valence electrons. The van der Waals surface area contributed by atoms with Gasteiger partial charge >= 0.3 is 0 Å². The Morgan fingerprint density at radius 1 is 1.09 bits per heavy atom. The third-order valence-corrected chi connectivity index (χ3v) is 4.81. The second-order valence-electron chi connectivity index (χ2n) is 6.35. The van der Waals surface area contributed by atoms with E-state index in [1.165, 1.54) is 5.56 Å². The highest BCUT2D eigenvalue weighted by Gasteiger charge is 2.39. The fourth-order valence-electron chi connectivity index (χ4n) is 3.73. The molecule has 6 heteroatoms. The maximum atomic E-state index is 12.6. The lowest BCUT2D eigenvalue weighted by Gasteiger charge is -2.29. The number of hydrogen-bond donors (Lipinski definition) is 2. The van der Waals surface area contributed by atoms with Crippen LogP contribution in [0.25, 0.3) is 0 Å². The number of amides is 3. The van der Waals surface area contributed by atoms with Crippen LogP contribution >= 0.6 is 0 Å². The highest BCUT2D eigenvalue weighted by atomic mass is 16.2. The summed E-state index contributed by atoms with van der Waals surface area (Å²) in [5, 5.41) is 2.32. The number of carbonyl (C=O) groups is 3. The Balaban J connectivity index is 1.63. The quantitative estimate of drug-likeness (QED) is 0.707. The first-order chi connectivity index (χ1) is 10.5. The Kier molecular flexibility index (Phi) is 2.84. The number of carbonyl (C=O) groups excluding carboxylic acids is 3. The number of hydrogen-bond acceptors (Lipinski definition) is 4. The van der Waals surface area contributed by atoms with Crippen LogP contribution in [0.2, 0.25) is 0 Å². The number of nitrogens with two attached hydrogens (primary N) is 1. The van der Waals surface area contributed by atoms with Gasteiger partial charge in [-0.15, -0.1) is 0 Å². The van der Waals surface area contributed by atoms with Crippen molar-refractivity contribution >= 4 is 17.7 Å². The standard InChI is InChI=1S/C16H17N3O3/c17-11-4-8-3-10-7-19(13-1-2-14(20)18-15(13)21)16(22)12(10)6-9(8)5-11/h3,6,11,13H,1-2,4-5,7,17H2,(H,18,20,21)/t11?,13-/m0/s1. The normalized spacial score (nSPS) is 27.0. The molecule has 2 heterocycles. The van der Waals surface area contributed by atoms with Gasteiger partial charge in [-0.25, -0.2) is 0 Å². The van der Waals surface area contributed by atoms with Crippen molar-refractivity contribution in [3.63, 3.8) is 0 Å². The third kappa shape index (κ3) is 1.94. The molecular weight excluding hydrogens is 282 g/mol. The van der Waals surface area contributed by atoms with E-state index < -0.39 is 6.04 Å². The van der Waals surface area contributed by atoms with Crippen LogP contribution in [0.15, 0.2) is 12.1 Å². The molecular formula is C16H17N3O3. The minimum atomic E-state index is -0.547. The maximum Gasteiger partial charge on any atom is 0.255 e. The number of benzene rings is 1. The van der Waals surface area contributed by atoms with Crippen molar-refractivity contribution in [2.45, 2.75) is 44.3 Å². The zero-order valence-electron chi connectivity index (χ0n) is 12.1. The minimum Gasteiger partial charge on any atom is -0.327 e.